The van der Waals surface area contributed by atoms with Crippen LogP contribution in [0.25, 0.3) is 0 Å². The highest BCUT2D eigenvalue weighted by molar-refractivity contribution is 6.03. The number of benzene rings is 1. The zero-order valence-electron chi connectivity index (χ0n) is 13.3. The van der Waals surface area contributed by atoms with Gasteiger partial charge in [0.1, 0.15) is 5.82 Å². The van der Waals surface area contributed by atoms with E-state index in [4.69, 9.17) is 0 Å². The van der Waals surface area contributed by atoms with Crippen LogP contribution in [0.2, 0.25) is 0 Å². The van der Waals surface area contributed by atoms with E-state index in [-0.39, 0.29) is 5.91 Å². The van der Waals surface area contributed by atoms with Gasteiger partial charge in [-0.3, -0.25) is 4.79 Å². The molecule has 2 N–H and O–H groups in total. The Bertz CT molecular complexity index is 623. The molecule has 0 unspecified atom stereocenters. The van der Waals surface area contributed by atoms with Gasteiger partial charge in [-0.25, -0.2) is 0 Å². The van der Waals surface area contributed by atoms with Crippen molar-refractivity contribution in [3.63, 3.8) is 0 Å². The van der Waals surface area contributed by atoms with E-state index < -0.39 is 0 Å². The maximum absolute atomic E-state index is 12.3. The third-order valence-corrected chi connectivity index (χ3v) is 3.28. The molecule has 22 heavy (non-hydrogen) atoms. The molecule has 1 heterocycles. The number of carbonyl (C=O) groups excluding carboxylic acids is 1. The summed E-state index contributed by atoms with van der Waals surface area (Å²) in [5.41, 5.74) is 2.23. The Morgan fingerprint density at radius 3 is 2.55 bits per heavy atom. The van der Waals surface area contributed by atoms with Crippen LogP contribution in [0.4, 0.5) is 11.5 Å². The van der Waals surface area contributed by atoms with E-state index in [0.717, 1.165) is 24.2 Å². The number of carbonyl (C=O) groups is 1. The second kappa shape index (κ2) is 7.54. The SMILES string of the molecule is CCCNc1ccc(C(=O)Nc2ccccc2C(C)C)nn1. The second-order valence-corrected chi connectivity index (χ2v) is 5.43. The number of nitrogens with one attached hydrogen (secondary N) is 2. The Morgan fingerprint density at radius 2 is 1.91 bits per heavy atom. The van der Waals surface area contributed by atoms with Crippen LogP contribution < -0.4 is 10.6 Å². The van der Waals surface area contributed by atoms with Crippen molar-refractivity contribution in [3.05, 3.63) is 47.7 Å². The van der Waals surface area contributed by atoms with Crippen LogP contribution >= 0.6 is 0 Å². The molecule has 0 radical (unpaired) electrons. The monoisotopic (exact) mass is 298 g/mol. The molecule has 5 nitrogen and oxygen atoms in total. The highest BCUT2D eigenvalue weighted by Gasteiger charge is 2.12. The molecule has 0 aliphatic carbocycles. The summed E-state index contributed by atoms with van der Waals surface area (Å²) in [6, 6.07) is 11.2. The van der Waals surface area contributed by atoms with Gasteiger partial charge < -0.3 is 10.6 Å². The number of hydrogen-bond acceptors (Lipinski definition) is 4. The predicted molar refractivity (Wildman–Crippen MR) is 89.3 cm³/mol. The average molecular weight is 298 g/mol. The van der Waals surface area contributed by atoms with Crippen molar-refractivity contribution < 1.29 is 4.79 Å². The average Bonchev–Trinajstić information content (AvgIpc) is 2.53. The number of nitrogens with zero attached hydrogens (tertiary/aromatic N) is 2. The smallest absolute Gasteiger partial charge is 0.276 e. The van der Waals surface area contributed by atoms with Gasteiger partial charge in [0, 0.05) is 12.2 Å². The lowest BCUT2D eigenvalue weighted by Gasteiger charge is -2.13. The minimum absolute atomic E-state index is 0.248. The number of anilines is 2. The first-order valence-corrected chi connectivity index (χ1v) is 7.59. The van der Waals surface area contributed by atoms with E-state index in [1.54, 1.807) is 12.1 Å². The predicted octanol–water partition coefficient (Wildman–Crippen LogP) is 3.67. The van der Waals surface area contributed by atoms with Crippen molar-refractivity contribution in [1.82, 2.24) is 10.2 Å². The first-order valence-electron chi connectivity index (χ1n) is 7.59. The van der Waals surface area contributed by atoms with Gasteiger partial charge in [0.05, 0.1) is 0 Å². The molecule has 0 atom stereocenters. The van der Waals surface area contributed by atoms with Crippen LogP contribution in [0.5, 0.6) is 0 Å². The number of para-hydroxylation sites is 1. The van der Waals surface area contributed by atoms with E-state index in [0.29, 0.717) is 17.4 Å². The maximum atomic E-state index is 12.3. The lowest BCUT2D eigenvalue weighted by molar-refractivity contribution is 0.102. The topological polar surface area (TPSA) is 66.9 Å². The minimum Gasteiger partial charge on any atom is -0.369 e. The molecule has 0 saturated carbocycles. The molecule has 5 heteroatoms. The number of hydrogen-bond donors (Lipinski definition) is 2. The molecule has 1 amide bonds. The zero-order chi connectivity index (χ0) is 15.9. The van der Waals surface area contributed by atoms with E-state index in [1.165, 1.54) is 0 Å². The van der Waals surface area contributed by atoms with Crippen LogP contribution in [0, 0.1) is 0 Å². The number of rotatable bonds is 6. The zero-order valence-corrected chi connectivity index (χ0v) is 13.3. The van der Waals surface area contributed by atoms with E-state index in [1.807, 2.05) is 24.3 Å². The summed E-state index contributed by atoms with van der Waals surface area (Å²) in [6.07, 6.45) is 1.01. The van der Waals surface area contributed by atoms with Crippen molar-refractivity contribution in [2.24, 2.45) is 0 Å². The van der Waals surface area contributed by atoms with Gasteiger partial charge in [-0.1, -0.05) is 39.0 Å². The van der Waals surface area contributed by atoms with Crippen LogP contribution in [0.1, 0.15) is 49.2 Å². The fourth-order valence-corrected chi connectivity index (χ4v) is 2.10. The van der Waals surface area contributed by atoms with Gasteiger partial charge in [0.15, 0.2) is 5.69 Å². The molecule has 2 rings (SSSR count). The highest BCUT2D eigenvalue weighted by atomic mass is 16.1. The molecule has 1 aromatic heterocycles. The van der Waals surface area contributed by atoms with Gasteiger partial charge in [0.25, 0.3) is 5.91 Å². The Morgan fingerprint density at radius 1 is 1.14 bits per heavy atom. The highest BCUT2D eigenvalue weighted by Crippen LogP contribution is 2.24. The fraction of sp³-hybridized carbons (Fsp3) is 0.353. The van der Waals surface area contributed by atoms with Crippen molar-refractivity contribution in [3.8, 4) is 0 Å². The second-order valence-electron chi connectivity index (χ2n) is 5.43. The standard InChI is InChI=1S/C17H22N4O/c1-4-11-18-16-10-9-15(20-21-16)17(22)19-14-8-6-5-7-13(14)12(2)3/h5-10,12H,4,11H2,1-3H3,(H,18,21)(H,19,22). The van der Waals surface area contributed by atoms with Gasteiger partial charge in [-0.05, 0) is 36.1 Å². The van der Waals surface area contributed by atoms with Crippen LogP contribution in [-0.2, 0) is 0 Å². The molecule has 0 spiro atoms. The van der Waals surface area contributed by atoms with E-state index in [2.05, 4.69) is 41.6 Å². The van der Waals surface area contributed by atoms with Crippen molar-refractivity contribution in [1.29, 1.82) is 0 Å². The molecule has 0 fully saturated rings. The van der Waals surface area contributed by atoms with Gasteiger partial charge in [-0.15, -0.1) is 10.2 Å². The lowest BCUT2D eigenvalue weighted by atomic mass is 10.0. The van der Waals surface area contributed by atoms with Gasteiger partial charge >= 0.3 is 0 Å². The van der Waals surface area contributed by atoms with Crippen molar-refractivity contribution >= 4 is 17.4 Å². The van der Waals surface area contributed by atoms with Gasteiger partial charge in [-0.2, -0.15) is 0 Å². The summed E-state index contributed by atoms with van der Waals surface area (Å²) < 4.78 is 0. The molecule has 0 aliphatic heterocycles. The Kier molecular flexibility index (Phi) is 5.47. The third-order valence-electron chi connectivity index (χ3n) is 3.28. The molecule has 0 bridgehead atoms. The lowest BCUT2D eigenvalue weighted by Crippen LogP contribution is -2.16. The summed E-state index contributed by atoms with van der Waals surface area (Å²) in [5, 5.41) is 14.0. The molecular weight excluding hydrogens is 276 g/mol. The summed E-state index contributed by atoms with van der Waals surface area (Å²) in [4.78, 5) is 12.3. The minimum atomic E-state index is -0.248. The Hall–Kier alpha value is -2.43. The van der Waals surface area contributed by atoms with Gasteiger partial charge in [0.2, 0.25) is 0 Å². The van der Waals surface area contributed by atoms with E-state index in [9.17, 15) is 4.79 Å². The summed E-state index contributed by atoms with van der Waals surface area (Å²) in [5.74, 6) is 0.770. The van der Waals surface area contributed by atoms with Crippen LogP contribution in [-0.4, -0.2) is 22.6 Å². The van der Waals surface area contributed by atoms with Crippen LogP contribution in [0.3, 0.4) is 0 Å². The molecule has 0 saturated heterocycles. The first-order chi connectivity index (χ1) is 10.6. The summed E-state index contributed by atoms with van der Waals surface area (Å²) in [7, 11) is 0. The van der Waals surface area contributed by atoms with Crippen LogP contribution in [0.15, 0.2) is 36.4 Å². The number of amides is 1. The Balaban J connectivity index is 2.09. The van der Waals surface area contributed by atoms with Crippen molar-refractivity contribution in [2.75, 3.05) is 17.2 Å². The third kappa shape index (κ3) is 4.04. The van der Waals surface area contributed by atoms with Crippen molar-refractivity contribution in [2.45, 2.75) is 33.1 Å². The number of aromatic nitrogens is 2. The van der Waals surface area contributed by atoms with E-state index >= 15 is 0 Å². The molecule has 1 aromatic carbocycles. The molecule has 2 aromatic rings. The summed E-state index contributed by atoms with van der Waals surface area (Å²) >= 11 is 0. The normalized spacial score (nSPS) is 10.5. The first kappa shape index (κ1) is 15.9. The quantitative estimate of drug-likeness (QED) is 0.854. The fourth-order valence-electron chi connectivity index (χ4n) is 2.10. The molecule has 0 aliphatic rings. The Labute approximate surface area is 131 Å². The molecule has 116 valence electrons. The largest absolute Gasteiger partial charge is 0.369 e. The summed E-state index contributed by atoms with van der Waals surface area (Å²) in [6.45, 7) is 7.11. The maximum Gasteiger partial charge on any atom is 0.276 e. The molecular formula is C17H22N4O.